The molecule has 1 unspecified atom stereocenters. The van der Waals surface area contributed by atoms with Gasteiger partial charge in [-0.2, -0.15) is 10.2 Å². The summed E-state index contributed by atoms with van der Waals surface area (Å²) in [4.78, 5) is 14.2. The summed E-state index contributed by atoms with van der Waals surface area (Å²) >= 11 is 0. The first-order chi connectivity index (χ1) is 9.25. The Morgan fingerprint density at radius 1 is 1.26 bits per heavy atom. The molecule has 1 atom stereocenters. The predicted octanol–water partition coefficient (Wildman–Crippen LogP) is 1.01. The van der Waals surface area contributed by atoms with E-state index in [1.807, 2.05) is 24.3 Å². The van der Waals surface area contributed by atoms with Gasteiger partial charge in [-0.15, -0.1) is 0 Å². The molecule has 1 aliphatic heterocycles. The van der Waals surface area contributed by atoms with Gasteiger partial charge in [0.15, 0.2) is 0 Å². The molecule has 19 heavy (non-hydrogen) atoms. The van der Waals surface area contributed by atoms with Crippen molar-refractivity contribution < 1.29 is 4.79 Å². The molecule has 1 amide bonds. The number of rotatable bonds is 1. The fourth-order valence-electron chi connectivity index (χ4n) is 2.39. The Morgan fingerprint density at radius 2 is 2.11 bits per heavy atom. The number of para-hydroxylation sites is 1. The van der Waals surface area contributed by atoms with Crippen LogP contribution in [0.1, 0.15) is 15.9 Å². The number of anilines is 1. The van der Waals surface area contributed by atoms with E-state index in [1.165, 1.54) is 12.4 Å². The van der Waals surface area contributed by atoms with Crippen molar-refractivity contribution in [2.24, 2.45) is 5.73 Å². The Kier molecular flexibility index (Phi) is 2.97. The molecule has 0 radical (unpaired) electrons. The zero-order valence-corrected chi connectivity index (χ0v) is 10.4. The van der Waals surface area contributed by atoms with Crippen LogP contribution in [0.5, 0.6) is 0 Å². The number of hydrogen-bond acceptors (Lipinski definition) is 4. The maximum absolute atomic E-state index is 12.5. The van der Waals surface area contributed by atoms with Crippen LogP contribution in [-0.4, -0.2) is 28.7 Å². The highest BCUT2D eigenvalue weighted by atomic mass is 16.2. The van der Waals surface area contributed by atoms with Crippen LogP contribution in [0.3, 0.4) is 0 Å². The topological polar surface area (TPSA) is 72.1 Å². The van der Waals surface area contributed by atoms with Crippen molar-refractivity contribution in [3.63, 3.8) is 0 Å². The maximum atomic E-state index is 12.5. The Labute approximate surface area is 111 Å². The first-order valence-electron chi connectivity index (χ1n) is 6.18. The van der Waals surface area contributed by atoms with Crippen LogP contribution in [0.2, 0.25) is 0 Å². The number of amides is 1. The highest BCUT2D eigenvalue weighted by molar-refractivity contribution is 6.06. The number of aromatic nitrogens is 2. The van der Waals surface area contributed by atoms with Gasteiger partial charge in [0.1, 0.15) is 0 Å². The van der Waals surface area contributed by atoms with E-state index in [2.05, 4.69) is 10.2 Å². The third kappa shape index (κ3) is 2.20. The van der Waals surface area contributed by atoms with E-state index in [4.69, 9.17) is 5.73 Å². The van der Waals surface area contributed by atoms with Crippen LogP contribution in [0.15, 0.2) is 42.7 Å². The molecular weight excluding hydrogens is 240 g/mol. The summed E-state index contributed by atoms with van der Waals surface area (Å²) in [5.41, 5.74) is 8.60. The first kappa shape index (κ1) is 11.8. The maximum Gasteiger partial charge on any atom is 0.260 e. The van der Waals surface area contributed by atoms with Crippen LogP contribution in [0.4, 0.5) is 5.69 Å². The summed E-state index contributed by atoms with van der Waals surface area (Å²) in [6.07, 6.45) is 3.79. The van der Waals surface area contributed by atoms with E-state index < -0.39 is 0 Å². The lowest BCUT2D eigenvalue weighted by atomic mass is 9.98. The standard InChI is InChI=1S/C14H14N4O/c15-12-7-10-3-1-2-4-13(10)18(9-12)14(19)11-5-6-16-17-8-11/h1-6,8,12H,7,9,15H2. The molecule has 0 fully saturated rings. The zero-order valence-electron chi connectivity index (χ0n) is 10.4. The molecule has 0 bridgehead atoms. The number of fused-ring (bicyclic) bond motifs is 1. The molecule has 2 aromatic rings. The first-order valence-corrected chi connectivity index (χ1v) is 6.18. The molecule has 5 nitrogen and oxygen atoms in total. The number of hydrogen-bond donors (Lipinski definition) is 1. The number of carbonyl (C=O) groups excluding carboxylic acids is 1. The number of nitrogens with two attached hydrogens (primary N) is 1. The van der Waals surface area contributed by atoms with Crippen molar-refractivity contribution in [3.8, 4) is 0 Å². The molecule has 2 N–H and O–H groups in total. The van der Waals surface area contributed by atoms with Gasteiger partial charge in [0, 0.05) is 18.3 Å². The Balaban J connectivity index is 1.99. The average molecular weight is 254 g/mol. The van der Waals surface area contributed by atoms with Crippen LogP contribution >= 0.6 is 0 Å². The highest BCUT2D eigenvalue weighted by Gasteiger charge is 2.27. The van der Waals surface area contributed by atoms with Gasteiger partial charge in [-0.3, -0.25) is 4.79 Å². The van der Waals surface area contributed by atoms with Crippen LogP contribution < -0.4 is 10.6 Å². The monoisotopic (exact) mass is 254 g/mol. The molecule has 1 aliphatic rings. The molecule has 0 saturated carbocycles. The summed E-state index contributed by atoms with van der Waals surface area (Å²) < 4.78 is 0. The van der Waals surface area contributed by atoms with Crippen molar-refractivity contribution in [3.05, 3.63) is 53.9 Å². The lowest BCUT2D eigenvalue weighted by molar-refractivity contribution is 0.0983. The van der Waals surface area contributed by atoms with Crippen LogP contribution in [0.25, 0.3) is 0 Å². The second kappa shape index (κ2) is 4.78. The average Bonchev–Trinajstić information content (AvgIpc) is 2.46. The summed E-state index contributed by atoms with van der Waals surface area (Å²) in [7, 11) is 0. The van der Waals surface area contributed by atoms with Crippen molar-refractivity contribution in [2.75, 3.05) is 11.4 Å². The van der Waals surface area contributed by atoms with Crippen LogP contribution in [0, 0.1) is 0 Å². The van der Waals surface area contributed by atoms with Crippen molar-refractivity contribution in [2.45, 2.75) is 12.5 Å². The number of nitrogens with zero attached hydrogens (tertiary/aromatic N) is 3. The summed E-state index contributed by atoms with van der Waals surface area (Å²) in [6.45, 7) is 0.526. The van der Waals surface area contributed by atoms with Gasteiger partial charge in [-0.1, -0.05) is 18.2 Å². The summed E-state index contributed by atoms with van der Waals surface area (Å²) in [6, 6.07) is 9.49. The predicted molar refractivity (Wildman–Crippen MR) is 71.8 cm³/mol. The lowest BCUT2D eigenvalue weighted by Gasteiger charge is -2.32. The third-order valence-corrected chi connectivity index (χ3v) is 3.26. The van der Waals surface area contributed by atoms with E-state index >= 15 is 0 Å². The molecule has 0 aliphatic carbocycles. The van der Waals surface area contributed by atoms with E-state index in [-0.39, 0.29) is 11.9 Å². The SMILES string of the molecule is NC1Cc2ccccc2N(C(=O)c2ccnnc2)C1. The third-order valence-electron chi connectivity index (χ3n) is 3.26. The molecule has 2 heterocycles. The fourth-order valence-corrected chi connectivity index (χ4v) is 2.39. The minimum absolute atomic E-state index is 0.0337. The molecular formula is C14H14N4O. The fraction of sp³-hybridized carbons (Fsp3) is 0.214. The van der Waals surface area contributed by atoms with Crippen molar-refractivity contribution in [1.82, 2.24) is 10.2 Å². The lowest BCUT2D eigenvalue weighted by Crippen LogP contribution is -2.46. The molecule has 96 valence electrons. The van der Waals surface area contributed by atoms with Gasteiger partial charge in [0.25, 0.3) is 5.91 Å². The zero-order chi connectivity index (χ0) is 13.2. The minimum atomic E-state index is -0.0856. The quantitative estimate of drug-likeness (QED) is 0.824. The smallest absolute Gasteiger partial charge is 0.260 e. The van der Waals surface area contributed by atoms with Gasteiger partial charge in [0.2, 0.25) is 0 Å². The minimum Gasteiger partial charge on any atom is -0.326 e. The molecule has 0 saturated heterocycles. The number of benzene rings is 1. The Bertz CT molecular complexity index is 599. The highest BCUT2D eigenvalue weighted by Crippen LogP contribution is 2.27. The van der Waals surface area contributed by atoms with Crippen molar-refractivity contribution in [1.29, 1.82) is 0 Å². The number of carbonyl (C=O) groups is 1. The van der Waals surface area contributed by atoms with Crippen molar-refractivity contribution >= 4 is 11.6 Å². The van der Waals surface area contributed by atoms with Gasteiger partial charge >= 0.3 is 0 Å². The van der Waals surface area contributed by atoms with E-state index in [0.29, 0.717) is 12.1 Å². The van der Waals surface area contributed by atoms with Gasteiger partial charge < -0.3 is 10.6 Å². The molecule has 5 heteroatoms. The van der Waals surface area contributed by atoms with E-state index in [9.17, 15) is 4.79 Å². The van der Waals surface area contributed by atoms with Gasteiger partial charge in [-0.25, -0.2) is 0 Å². The Morgan fingerprint density at radius 3 is 2.89 bits per heavy atom. The van der Waals surface area contributed by atoms with E-state index in [1.54, 1.807) is 11.0 Å². The van der Waals surface area contributed by atoms with Gasteiger partial charge in [-0.05, 0) is 24.1 Å². The van der Waals surface area contributed by atoms with Crippen LogP contribution in [-0.2, 0) is 6.42 Å². The molecule has 3 rings (SSSR count). The molecule has 0 spiro atoms. The van der Waals surface area contributed by atoms with Gasteiger partial charge in [0.05, 0.1) is 18.0 Å². The normalized spacial score (nSPS) is 17.9. The Hall–Kier alpha value is -2.27. The summed E-state index contributed by atoms with van der Waals surface area (Å²) in [5.74, 6) is -0.0856. The van der Waals surface area contributed by atoms with E-state index in [0.717, 1.165) is 17.7 Å². The second-order valence-corrected chi connectivity index (χ2v) is 4.64. The molecule has 1 aromatic carbocycles. The molecule has 1 aromatic heterocycles. The second-order valence-electron chi connectivity index (χ2n) is 4.64. The largest absolute Gasteiger partial charge is 0.326 e. The summed E-state index contributed by atoms with van der Waals surface area (Å²) in [5, 5.41) is 7.43.